The van der Waals surface area contributed by atoms with Crippen molar-refractivity contribution in [2.24, 2.45) is 0 Å². The Morgan fingerprint density at radius 3 is 1.56 bits per heavy atom. The molecule has 0 aromatic carbocycles. The van der Waals surface area contributed by atoms with Gasteiger partial charge in [0.05, 0.1) is 35.6 Å². The van der Waals surface area contributed by atoms with E-state index < -0.39 is 0 Å². The summed E-state index contributed by atoms with van der Waals surface area (Å²) < 4.78 is 19.1. The Hall–Kier alpha value is -0.160. The molecule has 1 aliphatic heterocycles. The number of nitrogens with zero attached hydrogens (tertiary/aromatic N) is 1. The van der Waals surface area contributed by atoms with Gasteiger partial charge < -0.3 is 14.2 Å². The maximum atomic E-state index is 6.51. The standard InChI is InChI=1S/C21H43NO3/c1-18(2,3)22-13-16(24-20(7,8)9)17(25-21(10,11)12)15(22)14-23-19(4,5)6/h15-17H,13-14H2,1-12H3. The molecule has 4 heteroatoms. The summed E-state index contributed by atoms with van der Waals surface area (Å²) in [6, 6.07) is 0.172. The van der Waals surface area contributed by atoms with Crippen LogP contribution in [0.4, 0.5) is 0 Å². The normalized spacial score (nSPS) is 27.1. The average molecular weight is 358 g/mol. The van der Waals surface area contributed by atoms with Crippen molar-refractivity contribution < 1.29 is 14.2 Å². The van der Waals surface area contributed by atoms with E-state index in [1.807, 2.05) is 0 Å². The van der Waals surface area contributed by atoms with Gasteiger partial charge in [-0.05, 0) is 83.1 Å². The summed E-state index contributed by atoms with van der Waals surface area (Å²) in [7, 11) is 0. The number of hydrogen-bond donors (Lipinski definition) is 0. The second-order valence-corrected chi connectivity index (χ2v) is 11.3. The van der Waals surface area contributed by atoms with Crippen LogP contribution in [0.5, 0.6) is 0 Å². The average Bonchev–Trinajstić information content (AvgIpc) is 2.59. The number of likely N-dealkylation sites (tertiary alicyclic amines) is 1. The van der Waals surface area contributed by atoms with Crippen LogP contribution in [0.1, 0.15) is 83.1 Å². The molecule has 1 fully saturated rings. The summed E-state index contributed by atoms with van der Waals surface area (Å²) >= 11 is 0. The van der Waals surface area contributed by atoms with E-state index in [4.69, 9.17) is 14.2 Å². The zero-order valence-electron chi connectivity index (χ0n) is 18.8. The molecule has 0 aromatic heterocycles. The predicted molar refractivity (Wildman–Crippen MR) is 105 cm³/mol. The lowest BCUT2D eigenvalue weighted by molar-refractivity contribution is -0.160. The van der Waals surface area contributed by atoms with Crippen LogP contribution in [0.3, 0.4) is 0 Å². The van der Waals surface area contributed by atoms with Gasteiger partial charge in [0.15, 0.2) is 0 Å². The third kappa shape index (κ3) is 7.94. The van der Waals surface area contributed by atoms with Gasteiger partial charge in [-0.25, -0.2) is 0 Å². The minimum Gasteiger partial charge on any atom is -0.374 e. The van der Waals surface area contributed by atoms with E-state index in [2.05, 4.69) is 88.0 Å². The van der Waals surface area contributed by atoms with Crippen molar-refractivity contribution in [3.63, 3.8) is 0 Å². The van der Waals surface area contributed by atoms with Crippen molar-refractivity contribution in [2.75, 3.05) is 13.2 Å². The fourth-order valence-electron chi connectivity index (χ4n) is 3.27. The Balaban J connectivity index is 3.14. The molecule has 3 unspecified atom stereocenters. The van der Waals surface area contributed by atoms with E-state index in [-0.39, 0.29) is 40.6 Å². The molecular formula is C21H43NO3. The molecule has 25 heavy (non-hydrogen) atoms. The fraction of sp³-hybridized carbons (Fsp3) is 1.00. The highest BCUT2D eigenvalue weighted by Crippen LogP contribution is 2.35. The molecule has 0 radical (unpaired) electrons. The van der Waals surface area contributed by atoms with Crippen LogP contribution in [0.15, 0.2) is 0 Å². The lowest BCUT2D eigenvalue weighted by Gasteiger charge is -2.40. The van der Waals surface area contributed by atoms with Gasteiger partial charge in [0.1, 0.15) is 6.10 Å². The van der Waals surface area contributed by atoms with Crippen LogP contribution in [-0.4, -0.2) is 58.6 Å². The molecule has 1 rings (SSSR count). The molecule has 0 amide bonds. The zero-order chi connectivity index (χ0) is 19.8. The lowest BCUT2D eigenvalue weighted by Crippen LogP contribution is -2.51. The lowest BCUT2D eigenvalue weighted by atomic mass is 10.0. The molecule has 0 N–H and O–H groups in total. The van der Waals surface area contributed by atoms with Gasteiger partial charge >= 0.3 is 0 Å². The molecule has 0 saturated carbocycles. The van der Waals surface area contributed by atoms with Gasteiger partial charge in [0.25, 0.3) is 0 Å². The van der Waals surface area contributed by atoms with Gasteiger partial charge in [0.2, 0.25) is 0 Å². The molecule has 0 aliphatic carbocycles. The Kier molecular flexibility index (Phi) is 6.82. The van der Waals surface area contributed by atoms with Gasteiger partial charge in [-0.2, -0.15) is 0 Å². The van der Waals surface area contributed by atoms with E-state index in [1.54, 1.807) is 0 Å². The maximum absolute atomic E-state index is 6.51. The van der Waals surface area contributed by atoms with Crippen LogP contribution in [0.2, 0.25) is 0 Å². The monoisotopic (exact) mass is 357 g/mol. The third-order valence-electron chi connectivity index (χ3n) is 4.07. The number of ether oxygens (including phenoxy) is 3. The second kappa shape index (κ2) is 7.46. The van der Waals surface area contributed by atoms with Gasteiger partial charge in [-0.3, -0.25) is 4.90 Å². The minimum absolute atomic E-state index is 0.0131. The molecule has 1 aliphatic rings. The van der Waals surface area contributed by atoms with E-state index in [1.165, 1.54) is 0 Å². The van der Waals surface area contributed by atoms with E-state index in [0.717, 1.165) is 6.54 Å². The highest BCUT2D eigenvalue weighted by molar-refractivity contribution is 5.01. The maximum Gasteiger partial charge on any atom is 0.103 e. The first kappa shape index (κ1) is 22.9. The van der Waals surface area contributed by atoms with Gasteiger partial charge in [0, 0.05) is 12.1 Å². The van der Waals surface area contributed by atoms with Gasteiger partial charge in [-0.15, -0.1) is 0 Å². The minimum atomic E-state index is -0.224. The van der Waals surface area contributed by atoms with Crippen LogP contribution in [-0.2, 0) is 14.2 Å². The van der Waals surface area contributed by atoms with Crippen LogP contribution >= 0.6 is 0 Å². The first-order valence-electron chi connectivity index (χ1n) is 9.65. The Morgan fingerprint density at radius 2 is 1.20 bits per heavy atom. The van der Waals surface area contributed by atoms with Crippen molar-refractivity contribution in [3.8, 4) is 0 Å². The molecule has 4 nitrogen and oxygen atoms in total. The summed E-state index contributed by atoms with van der Waals surface area (Å²) in [6.45, 7) is 27.3. The zero-order valence-corrected chi connectivity index (χ0v) is 18.8. The number of hydrogen-bond acceptors (Lipinski definition) is 4. The fourth-order valence-corrected chi connectivity index (χ4v) is 3.27. The van der Waals surface area contributed by atoms with Crippen molar-refractivity contribution >= 4 is 0 Å². The first-order valence-corrected chi connectivity index (χ1v) is 9.65. The Labute approximate surface area is 156 Å². The Bertz CT molecular complexity index is 420. The summed E-state index contributed by atoms with van der Waals surface area (Å²) in [5.41, 5.74) is -0.564. The molecule has 1 heterocycles. The predicted octanol–water partition coefficient (Wildman–Crippen LogP) is 4.65. The van der Waals surface area contributed by atoms with Crippen LogP contribution < -0.4 is 0 Å². The van der Waals surface area contributed by atoms with Crippen molar-refractivity contribution in [1.29, 1.82) is 0 Å². The van der Waals surface area contributed by atoms with Crippen molar-refractivity contribution in [2.45, 2.75) is 124 Å². The van der Waals surface area contributed by atoms with Crippen LogP contribution in [0.25, 0.3) is 0 Å². The van der Waals surface area contributed by atoms with Crippen molar-refractivity contribution in [1.82, 2.24) is 4.90 Å². The molecule has 150 valence electrons. The largest absolute Gasteiger partial charge is 0.374 e. The van der Waals surface area contributed by atoms with E-state index in [9.17, 15) is 0 Å². The van der Waals surface area contributed by atoms with E-state index in [0.29, 0.717) is 6.61 Å². The smallest absolute Gasteiger partial charge is 0.103 e. The summed E-state index contributed by atoms with van der Waals surface area (Å²) in [6.07, 6.45) is 0.0211. The van der Waals surface area contributed by atoms with Crippen LogP contribution in [0, 0.1) is 0 Å². The highest BCUT2D eigenvalue weighted by atomic mass is 16.6. The highest BCUT2D eigenvalue weighted by Gasteiger charge is 2.49. The summed E-state index contributed by atoms with van der Waals surface area (Å²) in [5, 5.41) is 0. The summed E-state index contributed by atoms with van der Waals surface area (Å²) in [5.74, 6) is 0. The quantitative estimate of drug-likeness (QED) is 0.733. The van der Waals surface area contributed by atoms with Crippen molar-refractivity contribution in [3.05, 3.63) is 0 Å². The molecule has 0 aromatic rings. The first-order chi connectivity index (χ1) is 10.9. The van der Waals surface area contributed by atoms with E-state index >= 15 is 0 Å². The topological polar surface area (TPSA) is 30.9 Å². The second-order valence-electron chi connectivity index (χ2n) is 11.3. The molecule has 1 saturated heterocycles. The Morgan fingerprint density at radius 1 is 0.720 bits per heavy atom. The molecule has 0 bridgehead atoms. The van der Waals surface area contributed by atoms with Gasteiger partial charge in [-0.1, -0.05) is 0 Å². The SMILES string of the molecule is CC(C)(C)OCC1C(OC(C)(C)C)C(OC(C)(C)C)CN1C(C)(C)C. The number of rotatable bonds is 4. The molecular weight excluding hydrogens is 314 g/mol. The molecule has 3 atom stereocenters. The summed E-state index contributed by atoms with van der Waals surface area (Å²) in [4.78, 5) is 2.49. The third-order valence-corrected chi connectivity index (χ3v) is 4.07. The molecule has 0 spiro atoms.